The van der Waals surface area contributed by atoms with E-state index >= 15 is 0 Å². The van der Waals surface area contributed by atoms with Crippen LogP contribution in [0.4, 0.5) is 19.0 Å². The van der Waals surface area contributed by atoms with Crippen molar-refractivity contribution < 1.29 is 13.2 Å². The van der Waals surface area contributed by atoms with Gasteiger partial charge in [-0.05, 0) is 29.8 Å². The predicted molar refractivity (Wildman–Crippen MR) is 73.0 cm³/mol. The maximum atomic E-state index is 12.6. The van der Waals surface area contributed by atoms with Gasteiger partial charge in [0.1, 0.15) is 11.0 Å². The standard InChI is InChI=1S/C13H9Cl2F3N2/c14-10-3-1-8(2-4-10)7-19-12-6-9(13(16,17)18)5-11(15)20-12/h1-6H,7H2,(H,19,20). The van der Waals surface area contributed by atoms with E-state index in [2.05, 4.69) is 10.3 Å². The summed E-state index contributed by atoms with van der Waals surface area (Å²) >= 11 is 11.3. The predicted octanol–water partition coefficient (Wildman–Crippen LogP) is 5.02. The fraction of sp³-hybridized carbons (Fsp3) is 0.154. The maximum absolute atomic E-state index is 12.6. The molecule has 0 aliphatic carbocycles. The molecule has 0 bridgehead atoms. The van der Waals surface area contributed by atoms with Crippen LogP contribution in [0.1, 0.15) is 11.1 Å². The van der Waals surface area contributed by atoms with E-state index in [1.165, 1.54) is 0 Å². The topological polar surface area (TPSA) is 24.9 Å². The van der Waals surface area contributed by atoms with Gasteiger partial charge in [-0.15, -0.1) is 0 Å². The van der Waals surface area contributed by atoms with E-state index in [-0.39, 0.29) is 11.0 Å². The Labute approximate surface area is 123 Å². The van der Waals surface area contributed by atoms with Crippen molar-refractivity contribution in [3.63, 3.8) is 0 Å². The first-order chi connectivity index (χ1) is 9.34. The van der Waals surface area contributed by atoms with Crippen LogP contribution < -0.4 is 5.32 Å². The van der Waals surface area contributed by atoms with Crippen LogP contribution in [0.15, 0.2) is 36.4 Å². The number of hydrogen-bond donors (Lipinski definition) is 1. The lowest BCUT2D eigenvalue weighted by Crippen LogP contribution is -2.08. The van der Waals surface area contributed by atoms with E-state index < -0.39 is 11.7 Å². The van der Waals surface area contributed by atoms with Crippen LogP contribution in [-0.4, -0.2) is 4.98 Å². The van der Waals surface area contributed by atoms with Crippen molar-refractivity contribution in [1.29, 1.82) is 0 Å². The molecule has 2 aromatic rings. The van der Waals surface area contributed by atoms with E-state index in [0.717, 1.165) is 17.7 Å². The van der Waals surface area contributed by atoms with Crippen LogP contribution in [-0.2, 0) is 12.7 Å². The fourth-order valence-electron chi connectivity index (χ4n) is 1.55. The highest BCUT2D eigenvalue weighted by Crippen LogP contribution is 2.32. The molecule has 1 N–H and O–H groups in total. The second kappa shape index (κ2) is 5.89. The lowest BCUT2D eigenvalue weighted by Gasteiger charge is -2.11. The highest BCUT2D eigenvalue weighted by Gasteiger charge is 2.31. The molecule has 1 aromatic carbocycles. The summed E-state index contributed by atoms with van der Waals surface area (Å²) in [5.74, 6) is 0.0692. The minimum atomic E-state index is -4.46. The van der Waals surface area contributed by atoms with Crippen molar-refractivity contribution in [3.05, 3.63) is 57.7 Å². The first-order valence-electron chi connectivity index (χ1n) is 5.58. The highest BCUT2D eigenvalue weighted by molar-refractivity contribution is 6.30. The summed E-state index contributed by atoms with van der Waals surface area (Å²) in [7, 11) is 0. The quantitative estimate of drug-likeness (QED) is 0.803. The zero-order chi connectivity index (χ0) is 14.8. The second-order valence-electron chi connectivity index (χ2n) is 4.04. The van der Waals surface area contributed by atoms with Gasteiger partial charge in [-0.3, -0.25) is 0 Å². The first kappa shape index (κ1) is 14.9. The van der Waals surface area contributed by atoms with Crippen molar-refractivity contribution in [2.45, 2.75) is 12.7 Å². The molecule has 0 radical (unpaired) electrons. The smallest absolute Gasteiger partial charge is 0.366 e. The van der Waals surface area contributed by atoms with E-state index in [1.807, 2.05) is 0 Å². The number of rotatable bonds is 3. The van der Waals surface area contributed by atoms with Crippen molar-refractivity contribution in [2.75, 3.05) is 5.32 Å². The average Bonchev–Trinajstić information content (AvgIpc) is 2.36. The van der Waals surface area contributed by atoms with Gasteiger partial charge in [0.05, 0.1) is 5.56 Å². The largest absolute Gasteiger partial charge is 0.416 e. The molecule has 2 rings (SSSR count). The van der Waals surface area contributed by atoms with Gasteiger partial charge in [-0.2, -0.15) is 13.2 Å². The number of halogens is 5. The summed E-state index contributed by atoms with van der Waals surface area (Å²) in [4.78, 5) is 3.81. The van der Waals surface area contributed by atoms with Gasteiger partial charge in [0.2, 0.25) is 0 Å². The van der Waals surface area contributed by atoms with Gasteiger partial charge in [-0.1, -0.05) is 35.3 Å². The lowest BCUT2D eigenvalue weighted by atomic mass is 10.2. The summed E-state index contributed by atoms with van der Waals surface area (Å²) in [5, 5.41) is 3.18. The third kappa shape index (κ3) is 4.02. The highest BCUT2D eigenvalue weighted by atomic mass is 35.5. The summed E-state index contributed by atoms with van der Waals surface area (Å²) in [6.45, 7) is 0.321. The Morgan fingerprint density at radius 2 is 1.70 bits per heavy atom. The summed E-state index contributed by atoms with van der Waals surface area (Å²) in [6.07, 6.45) is -4.46. The van der Waals surface area contributed by atoms with Crippen LogP contribution in [0.5, 0.6) is 0 Å². The number of aromatic nitrogens is 1. The van der Waals surface area contributed by atoms with Crippen molar-refractivity contribution in [3.8, 4) is 0 Å². The van der Waals surface area contributed by atoms with E-state index in [1.54, 1.807) is 24.3 Å². The Kier molecular flexibility index (Phi) is 4.40. The zero-order valence-electron chi connectivity index (χ0n) is 10.0. The van der Waals surface area contributed by atoms with E-state index in [9.17, 15) is 13.2 Å². The average molecular weight is 321 g/mol. The number of anilines is 1. The molecule has 2 nitrogen and oxygen atoms in total. The molecule has 0 amide bonds. The monoisotopic (exact) mass is 320 g/mol. The molecule has 0 saturated heterocycles. The van der Waals surface area contributed by atoms with Gasteiger partial charge in [0, 0.05) is 11.6 Å². The molecule has 0 atom stereocenters. The molecular weight excluding hydrogens is 312 g/mol. The number of pyridine rings is 1. The van der Waals surface area contributed by atoms with Crippen molar-refractivity contribution in [2.24, 2.45) is 0 Å². The van der Waals surface area contributed by atoms with E-state index in [0.29, 0.717) is 11.6 Å². The Morgan fingerprint density at radius 1 is 1.05 bits per heavy atom. The minimum Gasteiger partial charge on any atom is -0.366 e. The number of hydrogen-bond acceptors (Lipinski definition) is 2. The van der Waals surface area contributed by atoms with Gasteiger partial charge in [-0.25, -0.2) is 4.98 Å². The molecule has 20 heavy (non-hydrogen) atoms. The molecule has 1 aromatic heterocycles. The number of alkyl halides is 3. The Bertz CT molecular complexity index is 598. The number of benzene rings is 1. The summed E-state index contributed by atoms with van der Waals surface area (Å²) in [6, 6.07) is 8.64. The van der Waals surface area contributed by atoms with Crippen molar-refractivity contribution >= 4 is 29.0 Å². The Balaban J connectivity index is 2.13. The van der Waals surface area contributed by atoms with Crippen LogP contribution in [0.25, 0.3) is 0 Å². The van der Waals surface area contributed by atoms with Crippen LogP contribution >= 0.6 is 23.2 Å². The summed E-state index contributed by atoms with van der Waals surface area (Å²) < 4.78 is 37.9. The third-order valence-corrected chi connectivity index (χ3v) is 2.95. The second-order valence-corrected chi connectivity index (χ2v) is 4.87. The molecule has 106 valence electrons. The summed E-state index contributed by atoms with van der Waals surface area (Å²) in [5.41, 5.74) is 0.0286. The minimum absolute atomic E-state index is 0.0692. The van der Waals surface area contributed by atoms with Gasteiger partial charge < -0.3 is 5.32 Å². The van der Waals surface area contributed by atoms with Gasteiger partial charge in [0.15, 0.2) is 0 Å². The Morgan fingerprint density at radius 3 is 2.30 bits per heavy atom. The fourth-order valence-corrected chi connectivity index (χ4v) is 1.88. The van der Waals surface area contributed by atoms with Crippen molar-refractivity contribution in [1.82, 2.24) is 4.98 Å². The molecular formula is C13H9Cl2F3N2. The normalized spacial score (nSPS) is 11.4. The number of nitrogens with one attached hydrogen (secondary N) is 1. The molecule has 0 spiro atoms. The zero-order valence-corrected chi connectivity index (χ0v) is 11.5. The van der Waals surface area contributed by atoms with Gasteiger partial charge in [0.25, 0.3) is 0 Å². The van der Waals surface area contributed by atoms with Gasteiger partial charge >= 0.3 is 6.18 Å². The van der Waals surface area contributed by atoms with Crippen LogP contribution in [0, 0.1) is 0 Å². The molecule has 0 unspecified atom stereocenters. The first-order valence-corrected chi connectivity index (χ1v) is 6.33. The maximum Gasteiger partial charge on any atom is 0.416 e. The molecule has 0 saturated carbocycles. The number of nitrogens with zero attached hydrogens (tertiary/aromatic N) is 1. The molecule has 0 aliphatic rings. The molecule has 7 heteroatoms. The Hall–Kier alpha value is -1.46. The lowest BCUT2D eigenvalue weighted by molar-refractivity contribution is -0.137. The molecule has 0 fully saturated rings. The third-order valence-electron chi connectivity index (χ3n) is 2.51. The van der Waals surface area contributed by atoms with E-state index in [4.69, 9.17) is 23.2 Å². The SMILES string of the molecule is FC(F)(F)c1cc(Cl)nc(NCc2ccc(Cl)cc2)c1. The van der Waals surface area contributed by atoms with Crippen LogP contribution in [0.2, 0.25) is 10.2 Å². The molecule has 0 aliphatic heterocycles. The van der Waals surface area contributed by atoms with Crippen LogP contribution in [0.3, 0.4) is 0 Å². The molecule has 1 heterocycles.